The molecule has 0 amide bonds. The van der Waals surface area contributed by atoms with E-state index in [0.29, 0.717) is 5.69 Å². The zero-order valence-electron chi connectivity index (χ0n) is 10.3. The van der Waals surface area contributed by atoms with Crippen molar-refractivity contribution in [1.82, 2.24) is 4.98 Å². The van der Waals surface area contributed by atoms with Gasteiger partial charge in [0, 0.05) is 18.4 Å². The van der Waals surface area contributed by atoms with Crippen molar-refractivity contribution in [2.75, 3.05) is 18.5 Å². The lowest BCUT2D eigenvalue weighted by atomic mass is 10.3. The molecule has 0 unspecified atom stereocenters. The lowest BCUT2D eigenvalue weighted by Gasteiger charge is -2.08. The van der Waals surface area contributed by atoms with E-state index in [1.807, 2.05) is 6.07 Å². The van der Waals surface area contributed by atoms with Crippen LogP contribution in [-0.2, 0) is 11.3 Å². The Morgan fingerprint density at radius 2 is 2.17 bits per heavy atom. The number of halogens is 3. The number of ether oxygens (including phenoxy) is 1. The Balaban J connectivity index is 2.33. The Labute approximate surface area is 104 Å². The second-order valence-electron chi connectivity index (χ2n) is 3.88. The topological polar surface area (TPSA) is 34.2 Å². The van der Waals surface area contributed by atoms with E-state index in [-0.39, 0.29) is 13.2 Å². The van der Waals surface area contributed by atoms with Gasteiger partial charge in [0.15, 0.2) is 0 Å². The third kappa shape index (κ3) is 6.44. The van der Waals surface area contributed by atoms with Crippen molar-refractivity contribution in [2.24, 2.45) is 0 Å². The van der Waals surface area contributed by atoms with Crippen LogP contribution in [0, 0.1) is 0 Å². The van der Waals surface area contributed by atoms with E-state index in [2.05, 4.69) is 17.2 Å². The molecule has 0 bridgehead atoms. The molecule has 0 saturated heterocycles. The summed E-state index contributed by atoms with van der Waals surface area (Å²) >= 11 is 0. The summed E-state index contributed by atoms with van der Waals surface area (Å²) in [6, 6.07) is 3.60. The number of nitrogens with one attached hydrogen (secondary N) is 1. The molecule has 6 heteroatoms. The predicted molar refractivity (Wildman–Crippen MR) is 63.3 cm³/mol. The van der Waals surface area contributed by atoms with Crippen LogP contribution in [0.1, 0.15) is 25.5 Å². The quantitative estimate of drug-likeness (QED) is 0.765. The maximum atomic E-state index is 11.9. The number of alkyl halides is 3. The Bertz CT molecular complexity index is 355. The van der Waals surface area contributed by atoms with Crippen molar-refractivity contribution >= 4 is 5.69 Å². The van der Waals surface area contributed by atoms with E-state index in [1.165, 1.54) is 0 Å². The van der Waals surface area contributed by atoms with Gasteiger partial charge in [0.25, 0.3) is 0 Å². The van der Waals surface area contributed by atoms with Gasteiger partial charge in [0.2, 0.25) is 0 Å². The van der Waals surface area contributed by atoms with Crippen molar-refractivity contribution in [3.8, 4) is 0 Å². The number of hydrogen-bond donors (Lipinski definition) is 1. The molecule has 0 aliphatic rings. The van der Waals surface area contributed by atoms with Crippen molar-refractivity contribution in [2.45, 2.75) is 32.5 Å². The van der Waals surface area contributed by atoms with Crippen LogP contribution < -0.4 is 5.32 Å². The van der Waals surface area contributed by atoms with Crippen LogP contribution >= 0.6 is 0 Å². The van der Waals surface area contributed by atoms with E-state index in [9.17, 15) is 13.2 Å². The Morgan fingerprint density at radius 3 is 2.83 bits per heavy atom. The average Bonchev–Trinajstić information content (AvgIpc) is 2.31. The molecular formula is C12H17F3N2O. The molecule has 1 aromatic rings. The highest BCUT2D eigenvalue weighted by atomic mass is 19.4. The fraction of sp³-hybridized carbons (Fsp3) is 0.583. The van der Waals surface area contributed by atoms with E-state index < -0.39 is 12.6 Å². The summed E-state index contributed by atoms with van der Waals surface area (Å²) < 4.78 is 40.6. The number of rotatable bonds is 7. The lowest BCUT2D eigenvalue weighted by molar-refractivity contribution is -0.146. The van der Waals surface area contributed by atoms with Gasteiger partial charge in [-0.05, 0) is 18.6 Å². The predicted octanol–water partition coefficient (Wildman–Crippen LogP) is 3.37. The minimum atomic E-state index is -4.17. The fourth-order valence-electron chi connectivity index (χ4n) is 1.30. The highest BCUT2D eigenvalue weighted by Crippen LogP contribution is 2.19. The van der Waals surface area contributed by atoms with Crippen LogP contribution in [0.25, 0.3) is 0 Å². The number of aromatic nitrogens is 1. The van der Waals surface area contributed by atoms with Crippen molar-refractivity contribution < 1.29 is 17.9 Å². The van der Waals surface area contributed by atoms with E-state index in [1.54, 1.807) is 12.3 Å². The molecule has 0 saturated carbocycles. The molecule has 0 aromatic carbocycles. The van der Waals surface area contributed by atoms with E-state index >= 15 is 0 Å². The molecule has 18 heavy (non-hydrogen) atoms. The number of anilines is 1. The molecule has 0 aliphatic heterocycles. The first-order valence-electron chi connectivity index (χ1n) is 5.84. The number of pyridine rings is 1. The summed E-state index contributed by atoms with van der Waals surface area (Å²) in [5.41, 5.74) is 1.53. The molecule has 1 N–H and O–H groups in total. The zero-order chi connectivity index (χ0) is 13.4. The molecule has 0 atom stereocenters. The second kappa shape index (κ2) is 7.20. The van der Waals surface area contributed by atoms with Crippen LogP contribution in [0.5, 0.6) is 0 Å². The van der Waals surface area contributed by atoms with Gasteiger partial charge >= 0.3 is 6.18 Å². The number of hydrogen-bond acceptors (Lipinski definition) is 3. The third-order valence-corrected chi connectivity index (χ3v) is 2.18. The molecule has 3 nitrogen and oxygen atoms in total. The van der Waals surface area contributed by atoms with Crippen LogP contribution in [0.15, 0.2) is 18.3 Å². The monoisotopic (exact) mass is 262 g/mol. The van der Waals surface area contributed by atoms with Crippen LogP contribution in [0.2, 0.25) is 0 Å². The van der Waals surface area contributed by atoms with Crippen LogP contribution in [-0.4, -0.2) is 24.3 Å². The first-order chi connectivity index (χ1) is 8.51. The molecule has 102 valence electrons. The average molecular weight is 262 g/mol. The minimum absolute atomic E-state index is 0.0950. The standard InChI is InChI=1S/C12H17F3N2O/c1-2-5-16-10-3-6-17-11(8-10)9-18-7-4-12(13,14)15/h3,6,8H,2,4-5,7,9H2,1H3,(H,16,17). The summed E-state index contributed by atoms with van der Waals surface area (Å²) in [5.74, 6) is 0. The van der Waals surface area contributed by atoms with Gasteiger partial charge < -0.3 is 10.1 Å². The Kier molecular flexibility index (Phi) is 5.91. The van der Waals surface area contributed by atoms with Crippen molar-refractivity contribution in [1.29, 1.82) is 0 Å². The second-order valence-corrected chi connectivity index (χ2v) is 3.88. The van der Waals surface area contributed by atoms with Crippen LogP contribution in [0.3, 0.4) is 0 Å². The van der Waals surface area contributed by atoms with Gasteiger partial charge in [-0.15, -0.1) is 0 Å². The van der Waals surface area contributed by atoms with Gasteiger partial charge in [-0.3, -0.25) is 4.98 Å². The maximum Gasteiger partial charge on any atom is 0.391 e. The molecule has 0 spiro atoms. The highest BCUT2D eigenvalue weighted by molar-refractivity contribution is 5.42. The molecule has 1 rings (SSSR count). The molecule has 1 aromatic heterocycles. The smallest absolute Gasteiger partial charge is 0.385 e. The number of nitrogens with zero attached hydrogens (tertiary/aromatic N) is 1. The molecule has 0 fully saturated rings. The largest absolute Gasteiger partial charge is 0.391 e. The summed E-state index contributed by atoms with van der Waals surface area (Å²) in [6.07, 6.45) is -2.49. The SMILES string of the molecule is CCCNc1ccnc(COCCC(F)(F)F)c1. The van der Waals surface area contributed by atoms with Crippen LogP contribution in [0.4, 0.5) is 18.9 Å². The van der Waals surface area contributed by atoms with Gasteiger partial charge in [0.1, 0.15) is 0 Å². The van der Waals surface area contributed by atoms with Crippen molar-refractivity contribution in [3.63, 3.8) is 0 Å². The van der Waals surface area contributed by atoms with E-state index in [0.717, 1.165) is 18.7 Å². The Morgan fingerprint density at radius 1 is 1.39 bits per heavy atom. The molecular weight excluding hydrogens is 245 g/mol. The van der Waals surface area contributed by atoms with Gasteiger partial charge in [-0.1, -0.05) is 6.92 Å². The zero-order valence-corrected chi connectivity index (χ0v) is 10.3. The first-order valence-corrected chi connectivity index (χ1v) is 5.84. The third-order valence-electron chi connectivity index (χ3n) is 2.18. The molecule has 1 heterocycles. The fourth-order valence-corrected chi connectivity index (χ4v) is 1.30. The summed E-state index contributed by atoms with van der Waals surface area (Å²) in [5, 5.41) is 3.17. The lowest BCUT2D eigenvalue weighted by Crippen LogP contribution is -2.11. The summed E-state index contributed by atoms with van der Waals surface area (Å²) in [7, 11) is 0. The summed E-state index contributed by atoms with van der Waals surface area (Å²) in [6.45, 7) is 2.66. The Hall–Kier alpha value is -1.30. The van der Waals surface area contributed by atoms with Gasteiger partial charge in [-0.25, -0.2) is 0 Å². The normalized spacial score (nSPS) is 11.6. The summed E-state index contributed by atoms with van der Waals surface area (Å²) in [4.78, 5) is 4.04. The maximum absolute atomic E-state index is 11.9. The van der Waals surface area contributed by atoms with E-state index in [4.69, 9.17) is 4.74 Å². The molecule has 0 radical (unpaired) electrons. The van der Waals surface area contributed by atoms with Gasteiger partial charge in [-0.2, -0.15) is 13.2 Å². The van der Waals surface area contributed by atoms with Gasteiger partial charge in [0.05, 0.1) is 25.3 Å². The minimum Gasteiger partial charge on any atom is -0.385 e. The first kappa shape index (κ1) is 14.8. The molecule has 0 aliphatic carbocycles. The van der Waals surface area contributed by atoms with Crippen molar-refractivity contribution in [3.05, 3.63) is 24.0 Å². The highest BCUT2D eigenvalue weighted by Gasteiger charge is 2.26.